The van der Waals surface area contributed by atoms with E-state index in [9.17, 15) is 8.78 Å². The zero-order valence-electron chi connectivity index (χ0n) is 11.7. The van der Waals surface area contributed by atoms with Gasteiger partial charge in [-0.25, -0.2) is 8.78 Å². The minimum absolute atomic E-state index is 0.0894. The number of anilines is 1. The van der Waals surface area contributed by atoms with E-state index in [1.165, 1.54) is 11.1 Å². The number of rotatable bonds is 3. The third kappa shape index (κ3) is 3.03. The third-order valence-corrected chi connectivity index (χ3v) is 4.31. The highest BCUT2D eigenvalue weighted by atomic mass is 35.5. The molecule has 1 aliphatic carbocycles. The van der Waals surface area contributed by atoms with Crippen molar-refractivity contribution in [2.45, 2.75) is 31.7 Å². The van der Waals surface area contributed by atoms with Crippen LogP contribution in [0.2, 0.25) is 5.02 Å². The van der Waals surface area contributed by atoms with Crippen molar-refractivity contribution in [1.29, 1.82) is 0 Å². The summed E-state index contributed by atoms with van der Waals surface area (Å²) in [6.45, 7) is 2.07. The molecule has 0 heterocycles. The number of benzene rings is 2. The number of hydrogen-bond acceptors (Lipinski definition) is 1. The molecule has 0 atom stereocenters. The van der Waals surface area contributed by atoms with Crippen molar-refractivity contribution in [1.82, 2.24) is 0 Å². The molecule has 0 unspecified atom stereocenters. The molecule has 3 rings (SSSR count). The summed E-state index contributed by atoms with van der Waals surface area (Å²) in [5.41, 5.74) is 2.76. The van der Waals surface area contributed by atoms with Crippen molar-refractivity contribution in [3.05, 3.63) is 64.2 Å². The molecular weight excluding hydrogens is 292 g/mol. The lowest BCUT2D eigenvalue weighted by Crippen LogP contribution is -2.34. The summed E-state index contributed by atoms with van der Waals surface area (Å²) < 4.78 is 26.7. The second-order valence-corrected chi connectivity index (χ2v) is 6.08. The summed E-state index contributed by atoms with van der Waals surface area (Å²) >= 11 is 5.89. The molecule has 1 nitrogen and oxygen atoms in total. The van der Waals surface area contributed by atoms with Crippen molar-refractivity contribution >= 4 is 17.3 Å². The SMILES string of the molecule is Cc1cccc(C2CC(Nc3c(F)cc(F)cc3Cl)C2)c1. The zero-order chi connectivity index (χ0) is 15.0. The van der Waals surface area contributed by atoms with Gasteiger partial charge >= 0.3 is 0 Å². The van der Waals surface area contributed by atoms with Crippen LogP contribution in [0.1, 0.15) is 29.9 Å². The smallest absolute Gasteiger partial charge is 0.150 e. The number of hydrogen-bond donors (Lipinski definition) is 1. The van der Waals surface area contributed by atoms with Crippen LogP contribution in [0.5, 0.6) is 0 Å². The Morgan fingerprint density at radius 1 is 1.14 bits per heavy atom. The van der Waals surface area contributed by atoms with Gasteiger partial charge in [-0.15, -0.1) is 0 Å². The fourth-order valence-electron chi connectivity index (χ4n) is 2.82. The molecule has 1 saturated carbocycles. The molecule has 0 aromatic heterocycles. The lowest BCUT2D eigenvalue weighted by molar-refractivity contribution is 0.372. The normalized spacial score (nSPS) is 21.0. The Bertz CT molecular complexity index is 643. The van der Waals surface area contributed by atoms with Crippen molar-refractivity contribution in [2.24, 2.45) is 0 Å². The molecule has 0 bridgehead atoms. The van der Waals surface area contributed by atoms with E-state index in [2.05, 4.69) is 36.5 Å². The lowest BCUT2D eigenvalue weighted by Gasteiger charge is -2.37. The van der Waals surface area contributed by atoms with E-state index in [0.717, 1.165) is 25.0 Å². The number of halogens is 3. The average molecular weight is 308 g/mol. The molecule has 2 aromatic rings. The summed E-state index contributed by atoms with van der Waals surface area (Å²) in [7, 11) is 0. The van der Waals surface area contributed by atoms with E-state index in [1.807, 2.05) is 0 Å². The Balaban J connectivity index is 1.65. The number of nitrogens with one attached hydrogen (secondary N) is 1. The first kappa shape index (κ1) is 14.3. The van der Waals surface area contributed by atoms with Gasteiger partial charge in [-0.2, -0.15) is 0 Å². The predicted molar refractivity (Wildman–Crippen MR) is 81.9 cm³/mol. The van der Waals surface area contributed by atoms with E-state index in [4.69, 9.17) is 11.6 Å². The maximum Gasteiger partial charge on any atom is 0.150 e. The fourth-order valence-corrected chi connectivity index (χ4v) is 3.07. The maximum absolute atomic E-state index is 13.7. The van der Waals surface area contributed by atoms with Gasteiger partial charge in [-0.05, 0) is 37.3 Å². The summed E-state index contributed by atoms with van der Waals surface area (Å²) in [5, 5.41) is 3.17. The van der Waals surface area contributed by atoms with Gasteiger partial charge in [0.2, 0.25) is 0 Å². The molecule has 110 valence electrons. The van der Waals surface area contributed by atoms with Crippen LogP contribution in [0.3, 0.4) is 0 Å². The summed E-state index contributed by atoms with van der Waals surface area (Å²) in [6, 6.07) is 10.6. The van der Waals surface area contributed by atoms with Gasteiger partial charge in [0.1, 0.15) is 5.82 Å². The topological polar surface area (TPSA) is 12.0 Å². The second-order valence-electron chi connectivity index (χ2n) is 5.67. The quantitative estimate of drug-likeness (QED) is 0.813. The average Bonchev–Trinajstić information content (AvgIpc) is 2.35. The van der Waals surface area contributed by atoms with Gasteiger partial charge in [0, 0.05) is 12.1 Å². The van der Waals surface area contributed by atoms with Gasteiger partial charge in [0.15, 0.2) is 5.82 Å². The lowest BCUT2D eigenvalue weighted by atomic mass is 9.75. The first-order chi connectivity index (χ1) is 10.0. The molecule has 21 heavy (non-hydrogen) atoms. The molecular formula is C17H16ClF2N. The van der Waals surface area contributed by atoms with Gasteiger partial charge in [0.25, 0.3) is 0 Å². The minimum atomic E-state index is -0.658. The Hall–Kier alpha value is -1.61. The van der Waals surface area contributed by atoms with E-state index >= 15 is 0 Å². The van der Waals surface area contributed by atoms with Crippen molar-refractivity contribution in [3.8, 4) is 0 Å². The van der Waals surface area contributed by atoms with Crippen LogP contribution in [-0.4, -0.2) is 6.04 Å². The molecule has 1 fully saturated rings. The van der Waals surface area contributed by atoms with Crippen LogP contribution >= 0.6 is 11.6 Å². The minimum Gasteiger partial charge on any atom is -0.379 e. The maximum atomic E-state index is 13.7. The van der Waals surface area contributed by atoms with E-state index < -0.39 is 11.6 Å². The van der Waals surface area contributed by atoms with Gasteiger partial charge < -0.3 is 5.32 Å². The highest BCUT2D eigenvalue weighted by molar-refractivity contribution is 6.33. The first-order valence-corrected chi connectivity index (χ1v) is 7.38. The van der Waals surface area contributed by atoms with Gasteiger partial charge in [0.05, 0.1) is 10.7 Å². The molecule has 0 aliphatic heterocycles. The van der Waals surface area contributed by atoms with Crippen molar-refractivity contribution in [2.75, 3.05) is 5.32 Å². The van der Waals surface area contributed by atoms with Crippen LogP contribution < -0.4 is 5.32 Å². The third-order valence-electron chi connectivity index (χ3n) is 4.01. The number of aryl methyl sites for hydroxylation is 1. The Morgan fingerprint density at radius 2 is 1.90 bits per heavy atom. The Kier molecular flexibility index (Phi) is 3.85. The molecule has 4 heteroatoms. The molecule has 0 amide bonds. The van der Waals surface area contributed by atoms with Crippen LogP contribution in [0.25, 0.3) is 0 Å². The Labute approximate surface area is 127 Å². The largest absolute Gasteiger partial charge is 0.379 e. The highest BCUT2D eigenvalue weighted by Crippen LogP contribution is 2.40. The first-order valence-electron chi connectivity index (χ1n) is 7.00. The molecule has 1 aliphatic rings. The summed E-state index contributed by atoms with van der Waals surface area (Å²) in [6.07, 6.45) is 1.85. The Morgan fingerprint density at radius 3 is 2.57 bits per heavy atom. The zero-order valence-corrected chi connectivity index (χ0v) is 12.4. The van der Waals surface area contributed by atoms with Crippen LogP contribution in [0.4, 0.5) is 14.5 Å². The van der Waals surface area contributed by atoms with Crippen LogP contribution in [0.15, 0.2) is 36.4 Å². The molecule has 1 N–H and O–H groups in total. The van der Waals surface area contributed by atoms with Crippen LogP contribution in [-0.2, 0) is 0 Å². The summed E-state index contributed by atoms with van der Waals surface area (Å²) in [5.74, 6) is -0.807. The molecule has 2 aromatic carbocycles. The van der Waals surface area contributed by atoms with E-state index in [1.54, 1.807) is 0 Å². The van der Waals surface area contributed by atoms with Gasteiger partial charge in [-0.3, -0.25) is 0 Å². The van der Waals surface area contributed by atoms with Crippen molar-refractivity contribution in [3.63, 3.8) is 0 Å². The highest BCUT2D eigenvalue weighted by Gasteiger charge is 2.31. The molecule has 0 radical (unpaired) electrons. The predicted octanol–water partition coefficient (Wildman–Crippen LogP) is 5.28. The fraction of sp³-hybridized carbons (Fsp3) is 0.294. The molecule has 0 spiro atoms. The second kappa shape index (κ2) is 5.64. The summed E-state index contributed by atoms with van der Waals surface area (Å²) in [4.78, 5) is 0. The van der Waals surface area contributed by atoms with Gasteiger partial charge in [-0.1, -0.05) is 41.4 Å². The molecule has 0 saturated heterocycles. The monoisotopic (exact) mass is 307 g/mol. The van der Waals surface area contributed by atoms with Crippen molar-refractivity contribution < 1.29 is 8.78 Å². The van der Waals surface area contributed by atoms with E-state index in [-0.39, 0.29) is 16.8 Å². The van der Waals surface area contributed by atoms with Crippen LogP contribution in [0, 0.1) is 18.6 Å². The van der Waals surface area contributed by atoms with E-state index in [0.29, 0.717) is 5.92 Å². The standard InChI is InChI=1S/C17H16ClF2N/c1-10-3-2-4-11(5-10)12-6-14(7-12)21-17-15(18)8-13(19)9-16(17)20/h2-5,8-9,12,14,21H,6-7H2,1H3.